The van der Waals surface area contributed by atoms with Gasteiger partial charge in [-0.2, -0.15) is 0 Å². The molecule has 1 heterocycles. The van der Waals surface area contributed by atoms with Gasteiger partial charge >= 0.3 is 0 Å². The van der Waals surface area contributed by atoms with Crippen LogP contribution in [0.15, 0.2) is 18.2 Å². The summed E-state index contributed by atoms with van der Waals surface area (Å²) in [6.45, 7) is 0.0865. The Bertz CT molecular complexity index is 445. The molecule has 84 valence electrons. The van der Waals surface area contributed by atoms with Gasteiger partial charge in [-0.25, -0.2) is 4.39 Å². The summed E-state index contributed by atoms with van der Waals surface area (Å²) < 4.78 is 12.8. The molecule has 1 fully saturated rings. The van der Waals surface area contributed by atoms with Crippen molar-refractivity contribution in [1.82, 2.24) is 5.32 Å². The molecular formula is C10H10FN3O2. The first-order valence-electron chi connectivity index (χ1n) is 4.69. The lowest BCUT2D eigenvalue weighted by atomic mass is 10.2. The van der Waals surface area contributed by atoms with Gasteiger partial charge in [-0.15, -0.1) is 0 Å². The molecule has 0 aliphatic carbocycles. The Balaban J connectivity index is 2.29. The fourth-order valence-corrected chi connectivity index (χ4v) is 1.62. The molecule has 0 atom stereocenters. The smallest absolute Gasteiger partial charge is 0.246 e. The van der Waals surface area contributed by atoms with E-state index in [1.807, 2.05) is 0 Å². The highest BCUT2D eigenvalue weighted by atomic mass is 19.1. The number of benzene rings is 1. The fraction of sp³-hybridized carbons (Fsp3) is 0.200. The SMILES string of the molecule is Nc1cc(F)ccc1N1CC(=O)NC(=O)C1. The number of halogens is 1. The molecule has 0 aromatic heterocycles. The first-order valence-corrected chi connectivity index (χ1v) is 4.69. The van der Waals surface area contributed by atoms with Gasteiger partial charge in [-0.3, -0.25) is 14.9 Å². The molecule has 1 aliphatic heterocycles. The lowest BCUT2D eigenvalue weighted by Crippen LogP contribution is -2.51. The average molecular weight is 223 g/mol. The lowest BCUT2D eigenvalue weighted by molar-refractivity contribution is -0.130. The fourth-order valence-electron chi connectivity index (χ4n) is 1.62. The zero-order valence-corrected chi connectivity index (χ0v) is 8.37. The Hall–Kier alpha value is -2.11. The highest BCUT2D eigenvalue weighted by Crippen LogP contribution is 2.24. The molecule has 0 unspecified atom stereocenters. The number of nitrogens with zero attached hydrogens (tertiary/aromatic N) is 1. The van der Waals surface area contributed by atoms with Crippen LogP contribution in [0.5, 0.6) is 0 Å². The van der Waals surface area contributed by atoms with Crippen molar-refractivity contribution in [2.45, 2.75) is 0 Å². The van der Waals surface area contributed by atoms with Crippen LogP contribution in [0.4, 0.5) is 15.8 Å². The Morgan fingerprint density at radius 2 is 1.88 bits per heavy atom. The third-order valence-corrected chi connectivity index (χ3v) is 2.28. The van der Waals surface area contributed by atoms with E-state index in [0.29, 0.717) is 5.69 Å². The number of rotatable bonds is 1. The molecular weight excluding hydrogens is 213 g/mol. The standard InChI is InChI=1S/C10H10FN3O2/c11-6-1-2-8(7(12)3-6)14-4-9(15)13-10(16)5-14/h1-3H,4-5,12H2,(H,13,15,16). The number of nitrogens with two attached hydrogens (primary N) is 1. The van der Waals surface area contributed by atoms with Gasteiger partial charge in [-0.1, -0.05) is 0 Å². The van der Waals surface area contributed by atoms with E-state index >= 15 is 0 Å². The molecule has 5 nitrogen and oxygen atoms in total. The van der Waals surface area contributed by atoms with E-state index in [1.54, 1.807) is 0 Å². The van der Waals surface area contributed by atoms with Gasteiger partial charge < -0.3 is 10.6 Å². The molecule has 1 aromatic rings. The number of anilines is 2. The van der Waals surface area contributed by atoms with Crippen LogP contribution in [-0.4, -0.2) is 24.9 Å². The molecule has 2 rings (SSSR count). The van der Waals surface area contributed by atoms with Crippen molar-refractivity contribution in [1.29, 1.82) is 0 Å². The summed E-state index contributed by atoms with van der Waals surface area (Å²) in [6.07, 6.45) is 0. The van der Waals surface area contributed by atoms with Crippen molar-refractivity contribution in [3.63, 3.8) is 0 Å². The molecule has 0 radical (unpaired) electrons. The molecule has 3 N–H and O–H groups in total. The van der Waals surface area contributed by atoms with Crippen molar-refractivity contribution >= 4 is 23.2 Å². The van der Waals surface area contributed by atoms with E-state index in [2.05, 4.69) is 5.32 Å². The van der Waals surface area contributed by atoms with Crippen molar-refractivity contribution < 1.29 is 14.0 Å². The van der Waals surface area contributed by atoms with Crippen molar-refractivity contribution in [3.8, 4) is 0 Å². The number of carbonyl (C=O) groups is 2. The van der Waals surface area contributed by atoms with Crippen LogP contribution in [0.1, 0.15) is 0 Å². The van der Waals surface area contributed by atoms with Crippen LogP contribution in [-0.2, 0) is 9.59 Å². The molecule has 0 spiro atoms. The summed E-state index contributed by atoms with van der Waals surface area (Å²) in [6, 6.07) is 3.85. The minimum absolute atomic E-state index is 0.0432. The molecule has 16 heavy (non-hydrogen) atoms. The van der Waals surface area contributed by atoms with Gasteiger partial charge in [0.25, 0.3) is 0 Å². The second-order valence-electron chi connectivity index (χ2n) is 3.53. The predicted octanol–water partition coefficient (Wildman–Crippen LogP) is -0.129. The van der Waals surface area contributed by atoms with Crippen molar-refractivity contribution in [3.05, 3.63) is 24.0 Å². The number of amides is 2. The number of hydrogen-bond acceptors (Lipinski definition) is 4. The summed E-state index contributed by atoms with van der Waals surface area (Å²) in [4.78, 5) is 23.8. The van der Waals surface area contributed by atoms with Gasteiger partial charge in [0, 0.05) is 0 Å². The number of piperazine rings is 1. The zero-order valence-electron chi connectivity index (χ0n) is 8.37. The Morgan fingerprint density at radius 3 is 2.44 bits per heavy atom. The maximum atomic E-state index is 12.8. The van der Waals surface area contributed by atoms with E-state index < -0.39 is 5.82 Å². The van der Waals surface area contributed by atoms with Crippen molar-refractivity contribution in [2.24, 2.45) is 0 Å². The molecule has 0 saturated carbocycles. The van der Waals surface area contributed by atoms with Crippen LogP contribution in [0.25, 0.3) is 0 Å². The van der Waals surface area contributed by atoms with Crippen molar-refractivity contribution in [2.75, 3.05) is 23.7 Å². The molecule has 1 aromatic carbocycles. The van der Waals surface area contributed by atoms with Crippen LogP contribution in [0.2, 0.25) is 0 Å². The van der Waals surface area contributed by atoms with Crippen LogP contribution in [0, 0.1) is 5.82 Å². The Morgan fingerprint density at radius 1 is 1.25 bits per heavy atom. The highest BCUT2D eigenvalue weighted by Gasteiger charge is 2.23. The first kappa shape index (κ1) is 10.4. The Kier molecular flexibility index (Phi) is 2.47. The highest BCUT2D eigenvalue weighted by molar-refractivity contribution is 6.03. The lowest BCUT2D eigenvalue weighted by Gasteiger charge is -2.28. The third kappa shape index (κ3) is 1.95. The zero-order chi connectivity index (χ0) is 11.7. The third-order valence-electron chi connectivity index (χ3n) is 2.28. The summed E-state index contributed by atoms with van der Waals surface area (Å²) in [7, 11) is 0. The minimum atomic E-state index is -0.450. The van der Waals surface area contributed by atoms with E-state index in [9.17, 15) is 14.0 Å². The quantitative estimate of drug-likeness (QED) is 0.513. The van der Waals surface area contributed by atoms with Gasteiger partial charge in [-0.05, 0) is 18.2 Å². The molecule has 0 bridgehead atoms. The summed E-state index contributed by atoms with van der Waals surface area (Å²) in [5.41, 5.74) is 6.32. The normalized spacial score (nSPS) is 16.2. The largest absolute Gasteiger partial charge is 0.397 e. The topological polar surface area (TPSA) is 75.4 Å². The monoisotopic (exact) mass is 223 g/mol. The van der Waals surface area contributed by atoms with Gasteiger partial charge in [0.1, 0.15) is 5.82 Å². The predicted molar refractivity (Wildman–Crippen MR) is 56.2 cm³/mol. The molecule has 6 heteroatoms. The van der Waals surface area contributed by atoms with E-state index in [1.165, 1.54) is 17.0 Å². The number of nitrogen functional groups attached to an aromatic ring is 1. The van der Waals surface area contributed by atoms with E-state index in [4.69, 9.17) is 5.73 Å². The number of imide groups is 1. The van der Waals surface area contributed by atoms with Gasteiger partial charge in [0.2, 0.25) is 11.8 Å². The first-order chi connectivity index (χ1) is 7.56. The van der Waals surface area contributed by atoms with Gasteiger partial charge in [0.05, 0.1) is 24.5 Å². The van der Waals surface area contributed by atoms with Crippen LogP contribution >= 0.6 is 0 Å². The van der Waals surface area contributed by atoms with Crippen LogP contribution < -0.4 is 16.0 Å². The van der Waals surface area contributed by atoms with Crippen LogP contribution in [0.3, 0.4) is 0 Å². The Labute approximate surface area is 91.0 Å². The summed E-state index contributed by atoms with van der Waals surface area (Å²) in [5, 5.41) is 2.18. The average Bonchev–Trinajstić information content (AvgIpc) is 2.15. The number of hydrogen-bond donors (Lipinski definition) is 2. The maximum Gasteiger partial charge on any atom is 0.246 e. The summed E-state index contributed by atoms with van der Waals surface area (Å²) >= 11 is 0. The molecule has 1 aliphatic rings. The number of nitrogens with one attached hydrogen (secondary N) is 1. The second-order valence-corrected chi connectivity index (χ2v) is 3.53. The second kappa shape index (κ2) is 3.80. The van der Waals surface area contributed by atoms with E-state index in [-0.39, 0.29) is 30.6 Å². The molecule has 1 saturated heterocycles. The van der Waals surface area contributed by atoms with E-state index in [0.717, 1.165) is 6.07 Å². The van der Waals surface area contributed by atoms with Gasteiger partial charge in [0.15, 0.2) is 0 Å². The molecule has 2 amide bonds. The summed E-state index contributed by atoms with van der Waals surface area (Å²) in [5.74, 6) is -1.23. The maximum absolute atomic E-state index is 12.8. The number of carbonyl (C=O) groups excluding carboxylic acids is 2. The minimum Gasteiger partial charge on any atom is -0.397 e.